The van der Waals surface area contributed by atoms with Crippen molar-refractivity contribution >= 4 is 34.8 Å². The largest absolute Gasteiger partial charge is 0.475 e. The van der Waals surface area contributed by atoms with Crippen LogP contribution in [0.1, 0.15) is 0 Å². The predicted molar refractivity (Wildman–Crippen MR) is 63.3 cm³/mol. The van der Waals surface area contributed by atoms with Crippen molar-refractivity contribution in [1.82, 2.24) is 0 Å². The highest BCUT2D eigenvalue weighted by atomic mass is 35.5. The zero-order valence-corrected chi connectivity index (χ0v) is 10.0. The lowest BCUT2D eigenvalue weighted by molar-refractivity contribution is -0.125. The molecule has 6 heteroatoms. The molecule has 4 nitrogen and oxygen atoms in total. The molecule has 0 bridgehead atoms. The first-order valence-corrected chi connectivity index (χ1v) is 5.44. The Morgan fingerprint density at radius 3 is 2.81 bits per heavy atom. The van der Waals surface area contributed by atoms with Gasteiger partial charge in [-0.15, -0.1) is 0 Å². The molecule has 0 spiro atoms. The highest BCUT2D eigenvalue weighted by Crippen LogP contribution is 2.42. The average Bonchev–Trinajstić information content (AvgIpc) is 2.28. The second-order valence-electron chi connectivity index (χ2n) is 3.45. The molecule has 1 heterocycles. The van der Waals surface area contributed by atoms with Gasteiger partial charge in [-0.05, 0) is 12.1 Å². The van der Waals surface area contributed by atoms with Crippen molar-refractivity contribution < 1.29 is 9.53 Å². The quantitative estimate of drug-likeness (QED) is 0.836. The standard InChI is InChI=1S/C10H10Cl2N2O2/c1-14-6-3-2-5(11)8(12)9(6)16-7(4-13)10(14)15/h2-3,7H,4,13H2,1H3. The molecular formula is C10H10Cl2N2O2. The summed E-state index contributed by atoms with van der Waals surface area (Å²) < 4.78 is 5.44. The summed E-state index contributed by atoms with van der Waals surface area (Å²) in [5.74, 6) is 0.222. The first kappa shape index (κ1) is 11.5. The number of carbonyl (C=O) groups excluding carboxylic acids is 1. The minimum absolute atomic E-state index is 0.103. The van der Waals surface area contributed by atoms with E-state index in [0.717, 1.165) is 0 Å². The Kier molecular flexibility index (Phi) is 2.97. The summed E-state index contributed by atoms with van der Waals surface area (Å²) in [5, 5.41) is 0.691. The molecule has 0 saturated heterocycles. The maximum Gasteiger partial charge on any atom is 0.269 e. The maximum atomic E-state index is 11.8. The van der Waals surface area contributed by atoms with Crippen LogP contribution in [-0.4, -0.2) is 25.6 Å². The Morgan fingerprint density at radius 1 is 1.50 bits per heavy atom. The van der Waals surface area contributed by atoms with Crippen molar-refractivity contribution in [2.75, 3.05) is 18.5 Å². The number of amides is 1. The van der Waals surface area contributed by atoms with Crippen LogP contribution in [0.5, 0.6) is 5.75 Å². The van der Waals surface area contributed by atoms with Crippen LogP contribution >= 0.6 is 23.2 Å². The fraction of sp³-hybridized carbons (Fsp3) is 0.300. The van der Waals surface area contributed by atoms with Crippen molar-refractivity contribution in [1.29, 1.82) is 0 Å². The van der Waals surface area contributed by atoms with Gasteiger partial charge in [-0.2, -0.15) is 0 Å². The van der Waals surface area contributed by atoms with Gasteiger partial charge in [0.15, 0.2) is 11.9 Å². The first-order chi connectivity index (χ1) is 7.56. The van der Waals surface area contributed by atoms with Gasteiger partial charge < -0.3 is 15.4 Å². The molecule has 1 aromatic rings. The second kappa shape index (κ2) is 4.13. The van der Waals surface area contributed by atoms with E-state index in [2.05, 4.69) is 0 Å². The van der Waals surface area contributed by atoms with Crippen molar-refractivity contribution in [2.45, 2.75) is 6.10 Å². The van der Waals surface area contributed by atoms with Crippen LogP contribution in [0.15, 0.2) is 12.1 Å². The number of halogens is 2. The summed E-state index contributed by atoms with van der Waals surface area (Å²) in [7, 11) is 1.65. The normalized spacial score (nSPS) is 19.4. The van der Waals surface area contributed by atoms with Crippen LogP contribution in [0.25, 0.3) is 0 Å². The Balaban J connectivity index is 2.54. The van der Waals surface area contributed by atoms with Crippen LogP contribution in [0.4, 0.5) is 5.69 Å². The molecule has 2 rings (SSSR count). The van der Waals surface area contributed by atoms with Crippen LogP contribution in [0.2, 0.25) is 10.0 Å². The average molecular weight is 261 g/mol. The van der Waals surface area contributed by atoms with E-state index in [1.165, 1.54) is 4.90 Å². The summed E-state index contributed by atoms with van der Waals surface area (Å²) >= 11 is 11.9. The molecule has 0 radical (unpaired) electrons. The lowest BCUT2D eigenvalue weighted by atomic mass is 10.2. The zero-order chi connectivity index (χ0) is 11.9. The number of hydrogen-bond donors (Lipinski definition) is 1. The molecular weight excluding hydrogens is 251 g/mol. The molecule has 16 heavy (non-hydrogen) atoms. The smallest absolute Gasteiger partial charge is 0.269 e. The molecule has 1 amide bonds. The van der Waals surface area contributed by atoms with E-state index in [4.69, 9.17) is 33.7 Å². The van der Waals surface area contributed by atoms with E-state index in [1.807, 2.05) is 0 Å². The summed E-state index contributed by atoms with van der Waals surface area (Å²) in [4.78, 5) is 13.2. The predicted octanol–water partition coefficient (Wildman–Crippen LogP) is 1.68. The van der Waals surface area contributed by atoms with Crippen molar-refractivity contribution in [3.63, 3.8) is 0 Å². The zero-order valence-electron chi connectivity index (χ0n) is 8.54. The fourth-order valence-electron chi connectivity index (χ4n) is 1.57. The second-order valence-corrected chi connectivity index (χ2v) is 4.23. The molecule has 0 fully saturated rings. The van der Waals surface area contributed by atoms with Crippen LogP contribution in [0.3, 0.4) is 0 Å². The Morgan fingerprint density at radius 2 is 2.19 bits per heavy atom. The van der Waals surface area contributed by atoms with Crippen LogP contribution in [-0.2, 0) is 4.79 Å². The van der Waals surface area contributed by atoms with E-state index < -0.39 is 6.10 Å². The number of nitrogens with zero attached hydrogens (tertiary/aromatic N) is 1. The number of nitrogens with two attached hydrogens (primary N) is 1. The van der Waals surface area contributed by atoms with Gasteiger partial charge in [0.05, 0.1) is 10.7 Å². The number of anilines is 1. The SMILES string of the molecule is CN1C(=O)C(CN)Oc2c1ccc(Cl)c2Cl. The Labute approximate surface area is 103 Å². The number of hydrogen-bond acceptors (Lipinski definition) is 3. The van der Waals surface area contributed by atoms with Crippen molar-refractivity contribution in [3.8, 4) is 5.75 Å². The minimum atomic E-state index is -0.700. The third-order valence-electron chi connectivity index (χ3n) is 2.47. The topological polar surface area (TPSA) is 55.6 Å². The van der Waals surface area contributed by atoms with Gasteiger partial charge in [0, 0.05) is 13.6 Å². The highest BCUT2D eigenvalue weighted by Gasteiger charge is 2.33. The van der Waals surface area contributed by atoms with Crippen molar-refractivity contribution in [3.05, 3.63) is 22.2 Å². The number of rotatable bonds is 1. The van der Waals surface area contributed by atoms with Gasteiger partial charge >= 0.3 is 0 Å². The molecule has 0 aromatic heterocycles. The molecule has 86 valence electrons. The Hall–Kier alpha value is -0.970. The number of carbonyl (C=O) groups is 1. The Bertz CT molecular complexity index is 451. The highest BCUT2D eigenvalue weighted by molar-refractivity contribution is 6.43. The number of ether oxygens (including phenoxy) is 1. The van der Waals surface area contributed by atoms with E-state index in [-0.39, 0.29) is 12.5 Å². The summed E-state index contributed by atoms with van der Waals surface area (Å²) in [6, 6.07) is 3.31. The summed E-state index contributed by atoms with van der Waals surface area (Å²) in [6.07, 6.45) is -0.700. The molecule has 1 atom stereocenters. The lowest BCUT2D eigenvalue weighted by Gasteiger charge is -2.32. The molecule has 2 N–H and O–H groups in total. The number of fused-ring (bicyclic) bond motifs is 1. The van der Waals surface area contributed by atoms with Gasteiger partial charge in [-0.3, -0.25) is 4.79 Å². The van der Waals surface area contributed by atoms with E-state index in [0.29, 0.717) is 21.5 Å². The van der Waals surface area contributed by atoms with Gasteiger partial charge in [0.1, 0.15) is 5.02 Å². The van der Waals surface area contributed by atoms with Crippen molar-refractivity contribution in [2.24, 2.45) is 5.73 Å². The van der Waals surface area contributed by atoms with Crippen LogP contribution < -0.4 is 15.4 Å². The van der Waals surface area contributed by atoms with E-state index in [1.54, 1.807) is 19.2 Å². The maximum absolute atomic E-state index is 11.8. The summed E-state index contributed by atoms with van der Waals surface area (Å²) in [5.41, 5.74) is 6.05. The third-order valence-corrected chi connectivity index (χ3v) is 3.26. The number of likely N-dealkylation sites (N-methyl/N-ethyl adjacent to an activating group) is 1. The fourth-order valence-corrected chi connectivity index (χ4v) is 1.93. The van der Waals surface area contributed by atoms with Crippen LogP contribution in [0, 0.1) is 0 Å². The molecule has 1 aliphatic heterocycles. The molecule has 1 aromatic carbocycles. The molecule has 1 unspecified atom stereocenters. The van der Waals surface area contributed by atoms with E-state index >= 15 is 0 Å². The van der Waals surface area contributed by atoms with Gasteiger partial charge in [0.25, 0.3) is 5.91 Å². The monoisotopic (exact) mass is 260 g/mol. The van der Waals surface area contributed by atoms with Gasteiger partial charge in [0.2, 0.25) is 0 Å². The third kappa shape index (κ3) is 1.63. The van der Waals surface area contributed by atoms with E-state index in [9.17, 15) is 4.79 Å². The lowest BCUT2D eigenvalue weighted by Crippen LogP contribution is -2.47. The molecule has 1 aliphatic rings. The molecule has 0 saturated carbocycles. The summed E-state index contributed by atoms with van der Waals surface area (Å²) in [6.45, 7) is 0.103. The van der Waals surface area contributed by atoms with Gasteiger partial charge in [-0.1, -0.05) is 23.2 Å². The number of benzene rings is 1. The molecule has 0 aliphatic carbocycles. The first-order valence-electron chi connectivity index (χ1n) is 4.68. The van der Waals surface area contributed by atoms with Gasteiger partial charge in [-0.25, -0.2) is 0 Å². The minimum Gasteiger partial charge on any atom is -0.475 e.